The fourth-order valence-electron chi connectivity index (χ4n) is 7.44. The standard InChI is InChI=1S/C24H22ClN3O5S.C24H22ClN3O4S.2CH4/c1-14-19(6-5-13-27(14)31)28-22(29)20-17(25)11-12-18(21(20)23(28)30)26-34(32,33)16-9-7-15(8-10-16)24(2,3)4;1-14-19(6-5-13-26-14)28-22(29)20-17(25)11-12-18(21(20)23(28)30)27-33(31,32)16-9-7-15(8-10-16)24(2,3)4;;/h5-13,26H,1-4H3;5-13,27H,1-4H3;2*1H4. The van der Waals surface area contributed by atoms with Gasteiger partial charge in [-0.1, -0.05) is 104 Å². The summed E-state index contributed by atoms with van der Waals surface area (Å²) in [7, 11) is -8.11. The normalized spacial score (nSPS) is 13.5. The van der Waals surface area contributed by atoms with Gasteiger partial charge in [-0.2, -0.15) is 4.73 Å². The molecular formula is C50H52Cl2N6O9S2. The van der Waals surface area contributed by atoms with Crippen LogP contribution in [0.5, 0.6) is 0 Å². The van der Waals surface area contributed by atoms with E-state index in [1.165, 1.54) is 73.8 Å². The molecule has 0 unspecified atom stereocenters. The Bertz CT molecular complexity index is 3280. The highest BCUT2D eigenvalue weighted by Gasteiger charge is 2.44. The van der Waals surface area contributed by atoms with Crippen molar-refractivity contribution < 1.29 is 40.7 Å². The van der Waals surface area contributed by atoms with Gasteiger partial charge in [0.25, 0.3) is 43.7 Å². The number of imide groups is 2. The molecule has 362 valence electrons. The molecule has 8 rings (SSSR count). The number of rotatable bonds is 8. The molecule has 2 aromatic heterocycles. The van der Waals surface area contributed by atoms with Crippen molar-refractivity contribution in [1.29, 1.82) is 0 Å². The summed E-state index contributed by atoms with van der Waals surface area (Å²) in [6, 6.07) is 24.5. The molecule has 0 fully saturated rings. The average Bonchev–Trinajstić information content (AvgIpc) is 3.69. The number of aromatic nitrogens is 2. The number of fused-ring (bicyclic) bond motifs is 2. The van der Waals surface area contributed by atoms with Gasteiger partial charge in [-0.15, -0.1) is 0 Å². The van der Waals surface area contributed by atoms with Gasteiger partial charge in [0.1, 0.15) is 5.69 Å². The van der Waals surface area contributed by atoms with E-state index >= 15 is 0 Å². The fraction of sp³-hybridized carbons (Fsp3) is 0.240. The van der Waals surface area contributed by atoms with E-state index in [4.69, 9.17) is 23.2 Å². The summed E-state index contributed by atoms with van der Waals surface area (Å²) in [4.78, 5) is 58.8. The largest absolute Gasteiger partial charge is 0.618 e. The third-order valence-corrected chi connectivity index (χ3v) is 14.6. The molecule has 0 aliphatic carbocycles. The molecule has 2 N–H and O–H groups in total. The smallest absolute Gasteiger partial charge is 0.268 e. The topological polar surface area (TPSA) is 207 Å². The first-order valence-electron chi connectivity index (χ1n) is 20.5. The van der Waals surface area contributed by atoms with Crippen molar-refractivity contribution in [3.63, 3.8) is 0 Å². The molecule has 0 atom stereocenters. The Balaban J connectivity index is 0.000000250. The lowest BCUT2D eigenvalue weighted by Gasteiger charge is -2.19. The van der Waals surface area contributed by atoms with E-state index in [0.717, 1.165) is 20.9 Å². The van der Waals surface area contributed by atoms with Crippen LogP contribution in [0.2, 0.25) is 10.0 Å². The van der Waals surface area contributed by atoms with E-state index in [1.807, 2.05) is 41.5 Å². The molecule has 19 heteroatoms. The highest BCUT2D eigenvalue weighted by molar-refractivity contribution is 7.93. The van der Waals surface area contributed by atoms with Gasteiger partial charge in [0.15, 0.2) is 6.20 Å². The highest BCUT2D eigenvalue weighted by atomic mass is 35.5. The zero-order valence-electron chi connectivity index (χ0n) is 37.4. The lowest BCUT2D eigenvalue weighted by Crippen LogP contribution is -2.36. The van der Waals surface area contributed by atoms with Gasteiger partial charge < -0.3 is 5.21 Å². The monoisotopic (exact) mass is 1010 g/mol. The third-order valence-electron chi connectivity index (χ3n) is 11.2. The molecule has 69 heavy (non-hydrogen) atoms. The number of halogens is 2. The molecule has 4 heterocycles. The van der Waals surface area contributed by atoms with Gasteiger partial charge in [0.2, 0.25) is 5.69 Å². The molecule has 2 aliphatic heterocycles. The molecule has 0 radical (unpaired) electrons. The van der Waals surface area contributed by atoms with Gasteiger partial charge in [-0.05, 0) is 95.6 Å². The van der Waals surface area contributed by atoms with Crippen molar-refractivity contribution in [2.24, 2.45) is 0 Å². The average molecular weight is 1020 g/mol. The summed E-state index contributed by atoms with van der Waals surface area (Å²) < 4.78 is 57.7. The van der Waals surface area contributed by atoms with Crippen molar-refractivity contribution in [3.8, 4) is 0 Å². The quantitative estimate of drug-likeness (QED) is 0.0838. The summed E-state index contributed by atoms with van der Waals surface area (Å²) >= 11 is 12.5. The maximum atomic E-state index is 13.3. The van der Waals surface area contributed by atoms with E-state index in [0.29, 0.717) is 16.1 Å². The molecule has 0 spiro atoms. The van der Waals surface area contributed by atoms with Crippen LogP contribution in [-0.2, 0) is 30.9 Å². The number of hydrogen-bond donors (Lipinski definition) is 2. The zero-order valence-corrected chi connectivity index (χ0v) is 40.6. The van der Waals surface area contributed by atoms with Crippen LogP contribution in [0, 0.1) is 19.1 Å². The van der Waals surface area contributed by atoms with Gasteiger partial charge in [-0.3, -0.25) is 33.6 Å². The number of aryl methyl sites for hydroxylation is 1. The Morgan fingerprint density at radius 2 is 0.928 bits per heavy atom. The molecule has 6 aromatic rings. The predicted molar refractivity (Wildman–Crippen MR) is 270 cm³/mol. The number of amides is 4. The van der Waals surface area contributed by atoms with Gasteiger partial charge in [0.05, 0.1) is 64.8 Å². The number of hydrogen-bond acceptors (Lipinski definition) is 10. The van der Waals surface area contributed by atoms with E-state index in [2.05, 4.69) is 14.4 Å². The maximum Gasteiger partial charge on any atom is 0.268 e. The Hall–Kier alpha value is -6.66. The second-order valence-corrected chi connectivity index (χ2v) is 21.9. The van der Waals surface area contributed by atoms with Gasteiger partial charge in [0, 0.05) is 19.2 Å². The summed E-state index contributed by atoms with van der Waals surface area (Å²) in [5.41, 5.74) is 2.13. The number of nitrogens with one attached hydrogen (secondary N) is 2. The minimum atomic E-state index is -4.08. The number of pyridine rings is 2. The van der Waals surface area contributed by atoms with Crippen LogP contribution in [-0.4, -0.2) is 45.4 Å². The Kier molecular flexibility index (Phi) is 15.0. The second-order valence-electron chi connectivity index (χ2n) is 17.8. The lowest BCUT2D eigenvalue weighted by atomic mass is 9.87. The zero-order chi connectivity index (χ0) is 49.1. The van der Waals surface area contributed by atoms with Crippen molar-refractivity contribution in [1.82, 2.24) is 4.98 Å². The number of carbonyl (C=O) groups excluding carboxylic acids is 4. The number of anilines is 4. The molecular weight excluding hydrogens is 964 g/mol. The third kappa shape index (κ3) is 10.1. The van der Waals surface area contributed by atoms with Crippen LogP contribution in [0.1, 0.15) is 120 Å². The fourth-order valence-corrected chi connectivity index (χ4v) is 10.1. The predicted octanol–water partition coefficient (Wildman–Crippen LogP) is 10.4. The van der Waals surface area contributed by atoms with Crippen LogP contribution < -0.4 is 24.0 Å². The van der Waals surface area contributed by atoms with E-state index in [1.54, 1.807) is 49.5 Å². The van der Waals surface area contributed by atoms with Gasteiger partial charge >= 0.3 is 0 Å². The molecule has 0 bridgehead atoms. The first-order chi connectivity index (χ1) is 31.2. The van der Waals surface area contributed by atoms with E-state index < -0.39 is 43.7 Å². The van der Waals surface area contributed by atoms with Crippen LogP contribution in [0.4, 0.5) is 22.7 Å². The lowest BCUT2D eigenvalue weighted by molar-refractivity contribution is -0.611. The first-order valence-corrected chi connectivity index (χ1v) is 24.3. The van der Waals surface area contributed by atoms with Gasteiger partial charge in [-0.25, -0.2) is 26.6 Å². The molecule has 0 saturated heterocycles. The Morgan fingerprint density at radius 1 is 0.551 bits per heavy atom. The molecule has 0 saturated carbocycles. The summed E-state index contributed by atoms with van der Waals surface area (Å²) in [6.07, 6.45) is 2.79. The van der Waals surface area contributed by atoms with Crippen molar-refractivity contribution >= 4 is 89.6 Å². The first kappa shape index (κ1) is 53.3. The van der Waals surface area contributed by atoms with Crippen LogP contribution in [0.3, 0.4) is 0 Å². The second kappa shape index (κ2) is 19.4. The minimum absolute atomic E-state index is 0. The number of carbonyl (C=O) groups is 4. The Morgan fingerprint density at radius 3 is 1.32 bits per heavy atom. The van der Waals surface area contributed by atoms with Crippen molar-refractivity contribution in [3.05, 3.63) is 169 Å². The van der Waals surface area contributed by atoms with E-state index in [-0.39, 0.29) is 90.5 Å². The van der Waals surface area contributed by atoms with Crippen LogP contribution in [0.15, 0.2) is 119 Å². The maximum absolute atomic E-state index is 13.3. The SMILES string of the molecule is C.C.Cc1c(N2C(=O)c3c(Cl)ccc(NS(=O)(=O)c4ccc(C(C)(C)C)cc4)c3C2=O)ccc[n+]1[O-].Cc1ncccc1N1C(=O)c2c(Cl)ccc(NS(=O)(=O)c3ccc(C(C)(C)C)cc3)c2C1=O. The summed E-state index contributed by atoms with van der Waals surface area (Å²) in [5.74, 6) is -2.83. The van der Waals surface area contributed by atoms with Crippen LogP contribution in [0.25, 0.3) is 0 Å². The van der Waals surface area contributed by atoms with Crippen molar-refractivity contribution in [2.45, 2.75) is 90.9 Å². The van der Waals surface area contributed by atoms with E-state index in [9.17, 15) is 41.2 Å². The minimum Gasteiger partial charge on any atom is -0.618 e. The summed E-state index contributed by atoms with van der Waals surface area (Å²) in [6.45, 7) is 15.3. The summed E-state index contributed by atoms with van der Waals surface area (Å²) in [5, 5.41) is 12.1. The molecule has 4 aromatic carbocycles. The Labute approximate surface area is 412 Å². The molecule has 4 amide bonds. The molecule has 2 aliphatic rings. The highest BCUT2D eigenvalue weighted by Crippen LogP contribution is 2.40. The number of benzene rings is 4. The molecule has 15 nitrogen and oxygen atoms in total. The van der Waals surface area contributed by atoms with Crippen molar-refractivity contribution in [2.75, 3.05) is 19.2 Å². The van der Waals surface area contributed by atoms with Crippen LogP contribution >= 0.6 is 23.2 Å². The number of nitrogens with zero attached hydrogens (tertiary/aromatic N) is 4. The number of sulfonamides is 2.